The van der Waals surface area contributed by atoms with Crippen LogP contribution in [0.4, 0.5) is 0 Å². The molecule has 1 heterocycles. The van der Waals surface area contributed by atoms with Crippen LogP contribution < -0.4 is 5.32 Å². The van der Waals surface area contributed by atoms with E-state index in [-0.39, 0.29) is 0 Å². The van der Waals surface area contributed by atoms with E-state index in [0.717, 1.165) is 17.9 Å². The number of likely N-dealkylation sites (N-methyl/N-ethyl adjacent to an activating group) is 1. The van der Waals surface area contributed by atoms with Gasteiger partial charge in [-0.25, -0.2) is 0 Å². The highest BCUT2D eigenvalue weighted by Gasteiger charge is 2.28. The molecule has 2 aliphatic rings. The highest BCUT2D eigenvalue weighted by atomic mass is 15.2. The number of piperazine rings is 1. The van der Waals surface area contributed by atoms with Crippen molar-refractivity contribution in [2.24, 2.45) is 11.8 Å². The van der Waals surface area contributed by atoms with Gasteiger partial charge in [-0.05, 0) is 38.1 Å². The second-order valence-electron chi connectivity index (χ2n) is 6.54. The number of nitrogens with one attached hydrogen (secondary N) is 1. The van der Waals surface area contributed by atoms with Crippen LogP contribution in [0.25, 0.3) is 0 Å². The molecule has 1 N–H and O–H groups in total. The van der Waals surface area contributed by atoms with E-state index in [0.29, 0.717) is 0 Å². The lowest BCUT2D eigenvalue weighted by Gasteiger charge is -2.39. The molecule has 0 spiro atoms. The molecule has 106 valence electrons. The van der Waals surface area contributed by atoms with Crippen molar-refractivity contribution in [3.05, 3.63) is 0 Å². The van der Waals surface area contributed by atoms with Gasteiger partial charge in [0.05, 0.1) is 0 Å². The van der Waals surface area contributed by atoms with Crippen LogP contribution in [0.1, 0.15) is 33.1 Å². The SMILES string of the molecule is CC1CCC(N(C)CCN2CCNCC2)C(C)C1. The molecule has 0 amide bonds. The molecule has 18 heavy (non-hydrogen) atoms. The first kappa shape index (κ1) is 14.3. The zero-order valence-electron chi connectivity index (χ0n) is 12.5. The summed E-state index contributed by atoms with van der Waals surface area (Å²) in [6, 6.07) is 0.823. The van der Waals surface area contributed by atoms with Gasteiger partial charge in [-0.3, -0.25) is 4.90 Å². The van der Waals surface area contributed by atoms with Crippen LogP contribution in [0.15, 0.2) is 0 Å². The predicted molar refractivity (Wildman–Crippen MR) is 77.9 cm³/mol. The molecule has 0 aromatic rings. The Kier molecular flexibility index (Phi) is 5.46. The van der Waals surface area contributed by atoms with E-state index >= 15 is 0 Å². The van der Waals surface area contributed by atoms with E-state index in [1.807, 2.05) is 0 Å². The first-order valence-corrected chi connectivity index (χ1v) is 7.80. The molecule has 1 aliphatic carbocycles. The molecule has 1 aliphatic heterocycles. The Bertz CT molecular complexity index is 238. The fraction of sp³-hybridized carbons (Fsp3) is 1.00. The van der Waals surface area contributed by atoms with Crippen molar-refractivity contribution < 1.29 is 0 Å². The maximum Gasteiger partial charge on any atom is 0.0119 e. The molecule has 1 saturated carbocycles. The standard InChI is InChI=1S/C15H31N3/c1-13-4-5-15(14(2)12-13)17(3)10-11-18-8-6-16-7-9-18/h13-16H,4-12H2,1-3H3. The fourth-order valence-electron chi connectivity index (χ4n) is 3.70. The highest BCUT2D eigenvalue weighted by Crippen LogP contribution is 2.31. The Balaban J connectivity index is 1.71. The Hall–Kier alpha value is -0.120. The number of rotatable bonds is 4. The molecule has 3 nitrogen and oxygen atoms in total. The molecule has 1 saturated heterocycles. The third-order valence-corrected chi connectivity index (χ3v) is 4.93. The van der Waals surface area contributed by atoms with E-state index in [2.05, 4.69) is 36.0 Å². The predicted octanol–water partition coefficient (Wildman–Crippen LogP) is 1.65. The number of nitrogens with zero attached hydrogens (tertiary/aromatic N) is 2. The van der Waals surface area contributed by atoms with Crippen LogP contribution in [0, 0.1) is 11.8 Å². The van der Waals surface area contributed by atoms with Gasteiger partial charge in [-0.15, -0.1) is 0 Å². The zero-order valence-corrected chi connectivity index (χ0v) is 12.5. The number of hydrogen-bond acceptors (Lipinski definition) is 3. The molecule has 2 fully saturated rings. The fourth-order valence-corrected chi connectivity index (χ4v) is 3.70. The Morgan fingerprint density at radius 1 is 1.17 bits per heavy atom. The van der Waals surface area contributed by atoms with Crippen molar-refractivity contribution >= 4 is 0 Å². The molecule has 0 aromatic heterocycles. The van der Waals surface area contributed by atoms with Crippen LogP contribution in [-0.2, 0) is 0 Å². The summed E-state index contributed by atoms with van der Waals surface area (Å²) in [5, 5.41) is 3.42. The third-order valence-electron chi connectivity index (χ3n) is 4.93. The minimum absolute atomic E-state index is 0.823. The van der Waals surface area contributed by atoms with Crippen LogP contribution in [0.3, 0.4) is 0 Å². The summed E-state index contributed by atoms with van der Waals surface area (Å²) >= 11 is 0. The summed E-state index contributed by atoms with van der Waals surface area (Å²) in [6.07, 6.45) is 4.25. The van der Waals surface area contributed by atoms with E-state index in [4.69, 9.17) is 0 Å². The van der Waals surface area contributed by atoms with E-state index in [1.165, 1.54) is 58.5 Å². The van der Waals surface area contributed by atoms with Gasteiger partial charge in [0.2, 0.25) is 0 Å². The monoisotopic (exact) mass is 253 g/mol. The first-order valence-electron chi connectivity index (χ1n) is 7.80. The van der Waals surface area contributed by atoms with Crippen LogP contribution in [-0.4, -0.2) is 62.2 Å². The lowest BCUT2D eigenvalue weighted by molar-refractivity contribution is 0.102. The van der Waals surface area contributed by atoms with Crippen LogP contribution in [0.2, 0.25) is 0 Å². The lowest BCUT2D eigenvalue weighted by atomic mass is 9.79. The molecular formula is C15H31N3. The normalized spacial score (nSPS) is 35.0. The summed E-state index contributed by atoms with van der Waals surface area (Å²) in [7, 11) is 2.33. The maximum atomic E-state index is 3.42. The van der Waals surface area contributed by atoms with Crippen molar-refractivity contribution in [2.75, 3.05) is 46.3 Å². The molecular weight excluding hydrogens is 222 g/mol. The van der Waals surface area contributed by atoms with Crippen molar-refractivity contribution in [1.29, 1.82) is 0 Å². The van der Waals surface area contributed by atoms with Crippen molar-refractivity contribution in [3.63, 3.8) is 0 Å². The zero-order chi connectivity index (χ0) is 13.0. The minimum atomic E-state index is 0.823. The quantitative estimate of drug-likeness (QED) is 0.822. The van der Waals surface area contributed by atoms with Crippen molar-refractivity contribution in [1.82, 2.24) is 15.1 Å². The maximum absolute atomic E-state index is 3.42. The Morgan fingerprint density at radius 3 is 2.56 bits per heavy atom. The van der Waals surface area contributed by atoms with Gasteiger partial charge in [0.25, 0.3) is 0 Å². The minimum Gasteiger partial charge on any atom is -0.314 e. The van der Waals surface area contributed by atoms with Gasteiger partial charge in [-0.2, -0.15) is 0 Å². The molecule has 3 unspecified atom stereocenters. The van der Waals surface area contributed by atoms with Gasteiger partial charge in [-0.1, -0.05) is 13.8 Å². The molecule has 0 radical (unpaired) electrons. The lowest BCUT2D eigenvalue weighted by Crippen LogP contribution is -2.48. The number of hydrogen-bond donors (Lipinski definition) is 1. The Morgan fingerprint density at radius 2 is 1.89 bits per heavy atom. The van der Waals surface area contributed by atoms with Gasteiger partial charge >= 0.3 is 0 Å². The van der Waals surface area contributed by atoms with Gasteiger partial charge < -0.3 is 10.2 Å². The summed E-state index contributed by atoms with van der Waals surface area (Å²) in [5.41, 5.74) is 0. The average molecular weight is 253 g/mol. The smallest absolute Gasteiger partial charge is 0.0119 e. The molecule has 3 heteroatoms. The molecule has 2 rings (SSSR count). The van der Waals surface area contributed by atoms with Gasteiger partial charge in [0, 0.05) is 45.3 Å². The van der Waals surface area contributed by atoms with Crippen LogP contribution in [0.5, 0.6) is 0 Å². The third kappa shape index (κ3) is 3.94. The molecule has 3 atom stereocenters. The van der Waals surface area contributed by atoms with E-state index < -0.39 is 0 Å². The van der Waals surface area contributed by atoms with E-state index in [1.54, 1.807) is 0 Å². The Labute approximate surface area is 113 Å². The molecule has 0 bridgehead atoms. The van der Waals surface area contributed by atoms with E-state index in [9.17, 15) is 0 Å². The highest BCUT2D eigenvalue weighted by molar-refractivity contribution is 4.82. The topological polar surface area (TPSA) is 18.5 Å². The van der Waals surface area contributed by atoms with Gasteiger partial charge in [0.15, 0.2) is 0 Å². The average Bonchev–Trinajstić information content (AvgIpc) is 2.37. The van der Waals surface area contributed by atoms with Crippen LogP contribution >= 0.6 is 0 Å². The second-order valence-corrected chi connectivity index (χ2v) is 6.54. The largest absolute Gasteiger partial charge is 0.314 e. The summed E-state index contributed by atoms with van der Waals surface area (Å²) in [6.45, 7) is 12.1. The first-order chi connectivity index (χ1) is 8.66. The summed E-state index contributed by atoms with van der Waals surface area (Å²) in [4.78, 5) is 5.22. The van der Waals surface area contributed by atoms with Gasteiger partial charge in [0.1, 0.15) is 0 Å². The molecule has 0 aromatic carbocycles. The summed E-state index contributed by atoms with van der Waals surface area (Å²) < 4.78 is 0. The second kappa shape index (κ2) is 6.88. The summed E-state index contributed by atoms with van der Waals surface area (Å²) in [5.74, 6) is 1.82. The van der Waals surface area contributed by atoms with Crippen molar-refractivity contribution in [2.45, 2.75) is 39.2 Å². The van der Waals surface area contributed by atoms with Crippen molar-refractivity contribution in [3.8, 4) is 0 Å².